The second-order valence-electron chi connectivity index (χ2n) is 4.62. The van der Waals surface area contributed by atoms with E-state index in [4.69, 9.17) is 0 Å². The molecule has 0 spiro atoms. The number of benzene rings is 1. The number of piperidine rings is 1. The third kappa shape index (κ3) is 3.91. The van der Waals surface area contributed by atoms with Crippen molar-refractivity contribution in [1.29, 1.82) is 0 Å². The SMILES string of the molecule is FC(F)(F)CNc1cccc(C2CCNCC2)c1. The molecule has 2 N–H and O–H groups in total. The lowest BCUT2D eigenvalue weighted by Gasteiger charge is -2.23. The molecule has 1 aromatic rings. The minimum Gasteiger partial charge on any atom is -0.376 e. The number of hydrogen-bond acceptors (Lipinski definition) is 2. The van der Waals surface area contributed by atoms with Crippen LogP contribution in [0.1, 0.15) is 24.3 Å². The Labute approximate surface area is 105 Å². The maximum Gasteiger partial charge on any atom is 0.405 e. The highest BCUT2D eigenvalue weighted by atomic mass is 19.4. The number of rotatable bonds is 3. The molecule has 1 aliphatic rings. The summed E-state index contributed by atoms with van der Waals surface area (Å²) in [5.74, 6) is 0.457. The Morgan fingerprint density at radius 1 is 1.22 bits per heavy atom. The highest BCUT2D eigenvalue weighted by molar-refractivity contribution is 5.46. The van der Waals surface area contributed by atoms with Crippen molar-refractivity contribution in [2.24, 2.45) is 0 Å². The lowest BCUT2D eigenvalue weighted by Crippen LogP contribution is -2.26. The summed E-state index contributed by atoms with van der Waals surface area (Å²) in [6.45, 7) is 0.971. The number of nitrogens with one attached hydrogen (secondary N) is 2. The molecule has 1 fully saturated rings. The van der Waals surface area contributed by atoms with Gasteiger partial charge in [-0.25, -0.2) is 0 Å². The van der Waals surface area contributed by atoms with Crippen LogP contribution in [0.25, 0.3) is 0 Å². The van der Waals surface area contributed by atoms with E-state index in [-0.39, 0.29) is 0 Å². The van der Waals surface area contributed by atoms with E-state index in [0.29, 0.717) is 11.6 Å². The predicted octanol–water partition coefficient (Wildman–Crippen LogP) is 3.13. The minimum absolute atomic E-state index is 0.457. The molecular weight excluding hydrogens is 241 g/mol. The van der Waals surface area contributed by atoms with E-state index < -0.39 is 12.7 Å². The maximum atomic E-state index is 12.1. The van der Waals surface area contributed by atoms with Crippen molar-refractivity contribution >= 4 is 5.69 Å². The zero-order valence-corrected chi connectivity index (χ0v) is 10.1. The van der Waals surface area contributed by atoms with Gasteiger partial charge in [-0.2, -0.15) is 13.2 Å². The molecule has 0 aliphatic carbocycles. The summed E-state index contributed by atoms with van der Waals surface area (Å²) in [6, 6.07) is 7.32. The Kier molecular flexibility index (Phi) is 4.11. The summed E-state index contributed by atoms with van der Waals surface area (Å²) in [5, 5.41) is 5.70. The largest absolute Gasteiger partial charge is 0.405 e. The minimum atomic E-state index is -4.18. The van der Waals surface area contributed by atoms with E-state index in [9.17, 15) is 13.2 Å². The van der Waals surface area contributed by atoms with Crippen LogP contribution >= 0.6 is 0 Å². The van der Waals surface area contributed by atoms with Crippen LogP contribution in [0.2, 0.25) is 0 Å². The van der Waals surface area contributed by atoms with Gasteiger partial charge in [0.25, 0.3) is 0 Å². The summed E-state index contributed by atoms with van der Waals surface area (Å²) in [6.07, 6.45) is -2.09. The van der Waals surface area contributed by atoms with Crippen molar-refractivity contribution in [1.82, 2.24) is 5.32 Å². The predicted molar refractivity (Wildman–Crippen MR) is 65.8 cm³/mol. The second-order valence-corrected chi connectivity index (χ2v) is 4.62. The average molecular weight is 258 g/mol. The molecule has 1 saturated heterocycles. The first kappa shape index (κ1) is 13.2. The van der Waals surface area contributed by atoms with Crippen molar-refractivity contribution in [3.8, 4) is 0 Å². The maximum absolute atomic E-state index is 12.1. The molecule has 2 nitrogen and oxygen atoms in total. The summed E-state index contributed by atoms with van der Waals surface area (Å²) in [5.41, 5.74) is 1.67. The fourth-order valence-electron chi connectivity index (χ4n) is 2.26. The van der Waals surface area contributed by atoms with Crippen LogP contribution in [-0.2, 0) is 0 Å². The van der Waals surface area contributed by atoms with Crippen molar-refractivity contribution < 1.29 is 13.2 Å². The van der Waals surface area contributed by atoms with Crippen LogP contribution in [0, 0.1) is 0 Å². The molecule has 18 heavy (non-hydrogen) atoms. The molecular formula is C13H17F3N2. The normalized spacial score (nSPS) is 17.7. The van der Waals surface area contributed by atoms with Gasteiger partial charge < -0.3 is 10.6 Å². The Morgan fingerprint density at radius 3 is 2.61 bits per heavy atom. The van der Waals surface area contributed by atoms with Gasteiger partial charge in [0.1, 0.15) is 6.54 Å². The first-order valence-electron chi connectivity index (χ1n) is 6.16. The molecule has 0 aromatic heterocycles. The summed E-state index contributed by atoms with van der Waals surface area (Å²) < 4.78 is 36.4. The highest BCUT2D eigenvalue weighted by Crippen LogP contribution is 2.27. The Bertz CT molecular complexity index is 384. The van der Waals surface area contributed by atoms with E-state index in [0.717, 1.165) is 31.5 Å². The first-order valence-corrected chi connectivity index (χ1v) is 6.16. The third-order valence-corrected chi connectivity index (χ3v) is 3.19. The van der Waals surface area contributed by atoms with Crippen molar-refractivity contribution in [2.75, 3.05) is 25.0 Å². The van der Waals surface area contributed by atoms with Crippen molar-refractivity contribution in [3.05, 3.63) is 29.8 Å². The molecule has 100 valence electrons. The molecule has 1 aromatic carbocycles. The van der Waals surface area contributed by atoms with Crippen LogP contribution < -0.4 is 10.6 Å². The number of hydrogen-bond donors (Lipinski definition) is 2. The Morgan fingerprint density at radius 2 is 1.94 bits per heavy atom. The Hall–Kier alpha value is -1.23. The van der Waals surface area contributed by atoms with Gasteiger partial charge in [0.2, 0.25) is 0 Å². The smallest absolute Gasteiger partial charge is 0.376 e. The zero-order valence-electron chi connectivity index (χ0n) is 10.1. The van der Waals surface area contributed by atoms with Crippen molar-refractivity contribution in [2.45, 2.75) is 24.9 Å². The molecule has 1 heterocycles. The highest BCUT2D eigenvalue weighted by Gasteiger charge is 2.26. The molecule has 0 atom stereocenters. The Balaban J connectivity index is 2.00. The topological polar surface area (TPSA) is 24.1 Å². The van der Waals surface area contributed by atoms with Gasteiger partial charge in [0, 0.05) is 5.69 Å². The van der Waals surface area contributed by atoms with Crippen LogP contribution in [0.15, 0.2) is 24.3 Å². The second kappa shape index (κ2) is 5.61. The van der Waals surface area contributed by atoms with Gasteiger partial charge in [-0.1, -0.05) is 12.1 Å². The molecule has 2 rings (SSSR count). The molecule has 0 amide bonds. The standard InChI is InChI=1S/C13H17F3N2/c14-13(15,16)9-18-12-3-1-2-11(8-12)10-4-6-17-7-5-10/h1-3,8,10,17-18H,4-7,9H2. The van der Waals surface area contributed by atoms with Crippen LogP contribution in [0.3, 0.4) is 0 Å². The van der Waals surface area contributed by atoms with E-state index in [2.05, 4.69) is 10.6 Å². The van der Waals surface area contributed by atoms with Gasteiger partial charge in [-0.05, 0) is 49.5 Å². The van der Waals surface area contributed by atoms with E-state index in [1.165, 1.54) is 0 Å². The zero-order chi connectivity index (χ0) is 13.0. The van der Waals surface area contributed by atoms with Crippen LogP contribution in [-0.4, -0.2) is 25.8 Å². The fourth-order valence-corrected chi connectivity index (χ4v) is 2.26. The molecule has 0 saturated carbocycles. The lowest BCUT2D eigenvalue weighted by molar-refractivity contribution is -0.115. The number of halogens is 3. The van der Waals surface area contributed by atoms with E-state index in [1.807, 2.05) is 18.2 Å². The third-order valence-electron chi connectivity index (χ3n) is 3.19. The first-order chi connectivity index (χ1) is 8.54. The lowest BCUT2D eigenvalue weighted by atomic mass is 9.90. The quantitative estimate of drug-likeness (QED) is 0.870. The monoisotopic (exact) mass is 258 g/mol. The van der Waals surface area contributed by atoms with Crippen LogP contribution in [0.5, 0.6) is 0 Å². The molecule has 0 bridgehead atoms. The van der Waals surface area contributed by atoms with E-state index in [1.54, 1.807) is 6.07 Å². The molecule has 0 unspecified atom stereocenters. The molecule has 5 heteroatoms. The summed E-state index contributed by atoms with van der Waals surface area (Å²) in [7, 11) is 0. The van der Waals surface area contributed by atoms with Crippen molar-refractivity contribution in [3.63, 3.8) is 0 Å². The van der Waals surface area contributed by atoms with Gasteiger partial charge in [-0.3, -0.25) is 0 Å². The number of alkyl halides is 3. The van der Waals surface area contributed by atoms with Gasteiger partial charge in [0.15, 0.2) is 0 Å². The molecule has 1 aliphatic heterocycles. The van der Waals surface area contributed by atoms with Gasteiger partial charge >= 0.3 is 6.18 Å². The van der Waals surface area contributed by atoms with Crippen LogP contribution in [0.4, 0.5) is 18.9 Å². The average Bonchev–Trinajstić information content (AvgIpc) is 2.37. The van der Waals surface area contributed by atoms with Gasteiger partial charge in [-0.15, -0.1) is 0 Å². The number of anilines is 1. The van der Waals surface area contributed by atoms with E-state index >= 15 is 0 Å². The summed E-state index contributed by atoms with van der Waals surface area (Å²) in [4.78, 5) is 0. The molecule has 0 radical (unpaired) electrons. The van der Waals surface area contributed by atoms with Gasteiger partial charge in [0.05, 0.1) is 0 Å². The fraction of sp³-hybridized carbons (Fsp3) is 0.538. The summed E-state index contributed by atoms with van der Waals surface area (Å²) >= 11 is 0.